The van der Waals surface area contributed by atoms with Crippen LogP contribution >= 0.6 is 0 Å². The lowest BCUT2D eigenvalue weighted by Gasteiger charge is -2.29. The highest BCUT2D eigenvalue weighted by molar-refractivity contribution is 5.85. The summed E-state index contributed by atoms with van der Waals surface area (Å²) in [6.45, 7) is 8.60. The van der Waals surface area contributed by atoms with E-state index in [2.05, 4.69) is 37.4 Å². The molecule has 0 unspecified atom stereocenters. The average Bonchev–Trinajstić information content (AvgIpc) is 2.32. The van der Waals surface area contributed by atoms with E-state index in [-0.39, 0.29) is 5.91 Å². The van der Waals surface area contributed by atoms with Crippen LogP contribution in [0, 0.1) is 13.8 Å². The smallest absolute Gasteiger partial charge is 0.242 e. The number of carbonyl (C=O) groups is 1. The summed E-state index contributed by atoms with van der Waals surface area (Å²) in [6.07, 6.45) is 0. The van der Waals surface area contributed by atoms with Crippen molar-refractivity contribution in [3.8, 4) is 0 Å². The molecule has 0 radical (unpaired) electrons. The monoisotopic (exact) mass is 248 g/mol. The normalized spacial score (nSPS) is 11.4. The largest absolute Gasteiger partial charge is 0.340 e. The summed E-state index contributed by atoms with van der Waals surface area (Å²) in [5, 5.41) is 3.04. The zero-order chi connectivity index (χ0) is 13.9. The van der Waals surface area contributed by atoms with E-state index in [1.165, 1.54) is 16.7 Å². The molecule has 18 heavy (non-hydrogen) atoms. The van der Waals surface area contributed by atoms with Gasteiger partial charge in [0, 0.05) is 13.6 Å². The Morgan fingerprint density at radius 1 is 1.33 bits per heavy atom. The highest BCUT2D eigenvalue weighted by Gasteiger charge is 2.28. The van der Waals surface area contributed by atoms with Crippen molar-refractivity contribution < 1.29 is 4.79 Å². The summed E-state index contributed by atoms with van der Waals surface area (Å²) < 4.78 is 0. The minimum absolute atomic E-state index is 0.103. The second-order valence-electron chi connectivity index (χ2n) is 5.47. The van der Waals surface area contributed by atoms with Crippen LogP contribution in [0.2, 0.25) is 0 Å². The van der Waals surface area contributed by atoms with Gasteiger partial charge in [-0.05, 0) is 45.9 Å². The fourth-order valence-corrected chi connectivity index (χ4v) is 1.88. The topological polar surface area (TPSA) is 32.3 Å². The number of nitrogens with zero attached hydrogens (tertiary/aromatic N) is 1. The van der Waals surface area contributed by atoms with Gasteiger partial charge >= 0.3 is 0 Å². The van der Waals surface area contributed by atoms with Crippen LogP contribution in [0.3, 0.4) is 0 Å². The van der Waals surface area contributed by atoms with Gasteiger partial charge in [0.05, 0.1) is 5.54 Å². The Labute approximate surface area is 110 Å². The van der Waals surface area contributed by atoms with Gasteiger partial charge in [0.25, 0.3) is 0 Å². The minimum atomic E-state index is -0.521. The van der Waals surface area contributed by atoms with Gasteiger partial charge < -0.3 is 10.2 Å². The molecule has 100 valence electrons. The lowest BCUT2D eigenvalue weighted by molar-refractivity contribution is -0.136. The Bertz CT molecular complexity index is 438. The van der Waals surface area contributed by atoms with E-state index in [4.69, 9.17) is 0 Å². The first kappa shape index (κ1) is 14.7. The fourth-order valence-electron chi connectivity index (χ4n) is 1.88. The predicted molar refractivity (Wildman–Crippen MR) is 75.5 cm³/mol. The maximum absolute atomic E-state index is 12.3. The molecule has 0 aliphatic heterocycles. The van der Waals surface area contributed by atoms with Gasteiger partial charge in [-0.15, -0.1) is 0 Å². The summed E-state index contributed by atoms with van der Waals surface area (Å²) in [5.41, 5.74) is 3.14. The van der Waals surface area contributed by atoms with Gasteiger partial charge in [-0.1, -0.05) is 23.8 Å². The molecule has 1 aromatic carbocycles. The Morgan fingerprint density at radius 2 is 1.94 bits per heavy atom. The van der Waals surface area contributed by atoms with E-state index in [9.17, 15) is 4.79 Å². The van der Waals surface area contributed by atoms with E-state index in [0.717, 1.165) is 0 Å². The lowest BCUT2D eigenvalue weighted by Crippen LogP contribution is -2.51. The Hall–Kier alpha value is -1.35. The molecule has 1 N–H and O–H groups in total. The average molecular weight is 248 g/mol. The summed E-state index contributed by atoms with van der Waals surface area (Å²) in [5.74, 6) is 0.103. The van der Waals surface area contributed by atoms with Crippen LogP contribution in [0.25, 0.3) is 0 Å². The summed E-state index contributed by atoms with van der Waals surface area (Å²) in [4.78, 5) is 14.0. The molecule has 1 rings (SSSR count). The van der Waals surface area contributed by atoms with Gasteiger partial charge in [-0.2, -0.15) is 0 Å². The SMILES string of the molecule is CNC(C)(C)C(=O)N(C)Cc1cc(C)ccc1C. The molecule has 1 aromatic rings. The quantitative estimate of drug-likeness (QED) is 0.886. The highest BCUT2D eigenvalue weighted by atomic mass is 16.2. The number of amides is 1. The van der Waals surface area contributed by atoms with Crippen LogP contribution in [-0.4, -0.2) is 30.4 Å². The molecular formula is C15H24N2O. The number of aryl methyl sites for hydroxylation is 2. The van der Waals surface area contributed by atoms with Crippen molar-refractivity contribution in [2.75, 3.05) is 14.1 Å². The lowest BCUT2D eigenvalue weighted by atomic mass is 10.0. The molecular weight excluding hydrogens is 224 g/mol. The van der Waals surface area contributed by atoms with Crippen molar-refractivity contribution in [2.45, 2.75) is 39.8 Å². The molecule has 0 bridgehead atoms. The van der Waals surface area contributed by atoms with Crippen molar-refractivity contribution in [1.29, 1.82) is 0 Å². The molecule has 1 amide bonds. The molecule has 0 aromatic heterocycles. The molecule has 0 saturated heterocycles. The second-order valence-corrected chi connectivity index (χ2v) is 5.47. The fraction of sp³-hybridized carbons (Fsp3) is 0.533. The van der Waals surface area contributed by atoms with Crippen molar-refractivity contribution in [3.05, 3.63) is 34.9 Å². The molecule has 0 fully saturated rings. The van der Waals surface area contributed by atoms with Crippen LogP contribution in [0.1, 0.15) is 30.5 Å². The summed E-state index contributed by atoms with van der Waals surface area (Å²) >= 11 is 0. The summed E-state index contributed by atoms with van der Waals surface area (Å²) in [6, 6.07) is 6.34. The van der Waals surface area contributed by atoms with E-state index in [1.54, 1.807) is 4.90 Å². The summed E-state index contributed by atoms with van der Waals surface area (Å²) in [7, 11) is 3.66. The van der Waals surface area contributed by atoms with E-state index in [1.807, 2.05) is 27.9 Å². The highest BCUT2D eigenvalue weighted by Crippen LogP contribution is 2.15. The van der Waals surface area contributed by atoms with Crippen LogP contribution in [0.15, 0.2) is 18.2 Å². The molecule has 0 aliphatic carbocycles. The predicted octanol–water partition coefficient (Wildman–Crippen LogP) is 2.26. The number of likely N-dealkylation sites (N-methyl/N-ethyl adjacent to an activating group) is 2. The maximum Gasteiger partial charge on any atom is 0.242 e. The molecule has 0 aliphatic rings. The third-order valence-corrected chi connectivity index (χ3v) is 3.42. The Kier molecular flexibility index (Phi) is 4.52. The van der Waals surface area contributed by atoms with Crippen LogP contribution < -0.4 is 5.32 Å². The zero-order valence-corrected chi connectivity index (χ0v) is 12.3. The van der Waals surface area contributed by atoms with Crippen molar-refractivity contribution in [3.63, 3.8) is 0 Å². The molecule has 3 nitrogen and oxygen atoms in total. The minimum Gasteiger partial charge on any atom is -0.340 e. The van der Waals surface area contributed by atoms with Gasteiger partial charge in [-0.25, -0.2) is 0 Å². The van der Waals surface area contributed by atoms with Crippen molar-refractivity contribution in [1.82, 2.24) is 10.2 Å². The van der Waals surface area contributed by atoms with E-state index >= 15 is 0 Å². The maximum atomic E-state index is 12.3. The third kappa shape index (κ3) is 3.33. The number of carbonyl (C=O) groups excluding carboxylic acids is 1. The van der Waals surface area contributed by atoms with Gasteiger partial charge in [0.2, 0.25) is 5.91 Å². The third-order valence-electron chi connectivity index (χ3n) is 3.42. The first-order valence-electron chi connectivity index (χ1n) is 6.28. The van der Waals surface area contributed by atoms with Crippen LogP contribution in [0.5, 0.6) is 0 Å². The van der Waals surface area contributed by atoms with E-state index < -0.39 is 5.54 Å². The number of benzene rings is 1. The molecule has 3 heteroatoms. The van der Waals surface area contributed by atoms with Gasteiger partial charge in [-0.3, -0.25) is 4.79 Å². The molecule has 0 saturated carbocycles. The van der Waals surface area contributed by atoms with E-state index in [0.29, 0.717) is 6.54 Å². The Morgan fingerprint density at radius 3 is 2.50 bits per heavy atom. The number of nitrogens with one attached hydrogen (secondary N) is 1. The Balaban J connectivity index is 2.85. The van der Waals surface area contributed by atoms with Crippen LogP contribution in [-0.2, 0) is 11.3 Å². The van der Waals surface area contributed by atoms with Crippen LogP contribution in [0.4, 0.5) is 0 Å². The van der Waals surface area contributed by atoms with Crippen molar-refractivity contribution >= 4 is 5.91 Å². The molecule has 0 spiro atoms. The van der Waals surface area contributed by atoms with Gasteiger partial charge in [0.1, 0.15) is 0 Å². The number of hydrogen-bond acceptors (Lipinski definition) is 2. The zero-order valence-electron chi connectivity index (χ0n) is 12.3. The number of rotatable bonds is 4. The van der Waals surface area contributed by atoms with Gasteiger partial charge in [0.15, 0.2) is 0 Å². The second kappa shape index (κ2) is 5.53. The first-order chi connectivity index (χ1) is 8.27. The number of hydrogen-bond donors (Lipinski definition) is 1. The first-order valence-corrected chi connectivity index (χ1v) is 6.28. The standard InChI is InChI=1S/C15H24N2O/c1-11-7-8-12(2)13(9-11)10-17(6)14(18)15(3,4)16-5/h7-9,16H,10H2,1-6H3. The van der Waals surface area contributed by atoms with Crippen molar-refractivity contribution in [2.24, 2.45) is 0 Å². The molecule has 0 atom stereocenters. The molecule has 0 heterocycles.